The van der Waals surface area contributed by atoms with E-state index in [1.54, 1.807) is 13.0 Å². The third kappa shape index (κ3) is 5.49. The molecule has 30 heavy (non-hydrogen) atoms. The molecule has 0 spiro atoms. The number of amides is 1. The van der Waals surface area contributed by atoms with Crippen LogP contribution in [0, 0.1) is 6.92 Å². The maximum absolute atomic E-state index is 12.9. The van der Waals surface area contributed by atoms with Gasteiger partial charge in [-0.2, -0.15) is 4.31 Å². The average molecular weight is 439 g/mol. The van der Waals surface area contributed by atoms with E-state index in [0.29, 0.717) is 24.7 Å². The minimum Gasteiger partial charge on any atom is -0.489 e. The van der Waals surface area contributed by atoms with Crippen molar-refractivity contribution in [3.8, 4) is 11.6 Å². The molecular formula is C19H25N3O7S. The van der Waals surface area contributed by atoms with Crippen LogP contribution in [0.5, 0.6) is 11.6 Å². The van der Waals surface area contributed by atoms with Crippen LogP contribution in [-0.2, 0) is 19.6 Å². The van der Waals surface area contributed by atoms with Crippen LogP contribution in [0.15, 0.2) is 33.7 Å². The largest absolute Gasteiger partial charge is 0.489 e. The van der Waals surface area contributed by atoms with Crippen LogP contribution >= 0.6 is 0 Å². The zero-order chi connectivity index (χ0) is 21.7. The molecular weight excluding hydrogens is 414 g/mol. The van der Waals surface area contributed by atoms with E-state index >= 15 is 0 Å². The summed E-state index contributed by atoms with van der Waals surface area (Å²) >= 11 is 0. The molecule has 0 unspecified atom stereocenters. The molecule has 164 valence electrons. The second kappa shape index (κ2) is 9.45. The minimum atomic E-state index is -3.73. The molecule has 2 heterocycles. The number of rotatable bonds is 8. The topological polar surface area (TPSA) is 120 Å². The Hall–Kier alpha value is -2.63. The van der Waals surface area contributed by atoms with Crippen LogP contribution in [0.1, 0.15) is 19.6 Å². The van der Waals surface area contributed by atoms with Gasteiger partial charge in [0, 0.05) is 19.2 Å². The molecule has 1 aromatic heterocycles. The number of hydrogen-bond acceptors (Lipinski definition) is 8. The van der Waals surface area contributed by atoms with Gasteiger partial charge in [-0.05, 0) is 44.1 Å². The summed E-state index contributed by atoms with van der Waals surface area (Å²) in [5, 5.41) is 6.31. The van der Waals surface area contributed by atoms with Gasteiger partial charge in [-0.25, -0.2) is 8.42 Å². The summed E-state index contributed by atoms with van der Waals surface area (Å²) < 4.78 is 48.3. The van der Waals surface area contributed by atoms with E-state index in [1.807, 2.05) is 13.8 Å². The SMILES string of the molecule is Cc1cc(OCC(=O)Nc2cc(S(=O)(=O)N3CCOCC3)ccc2OC(C)C)no1. The molecule has 0 radical (unpaired) electrons. The van der Waals surface area contributed by atoms with Gasteiger partial charge < -0.3 is 24.1 Å². The number of carbonyl (C=O) groups is 1. The van der Waals surface area contributed by atoms with Crippen LogP contribution in [0.3, 0.4) is 0 Å². The average Bonchev–Trinajstić information content (AvgIpc) is 3.13. The minimum absolute atomic E-state index is 0.0591. The third-order valence-corrected chi connectivity index (χ3v) is 6.05. The summed E-state index contributed by atoms with van der Waals surface area (Å²) in [6.07, 6.45) is -0.170. The molecule has 0 aliphatic carbocycles. The molecule has 0 atom stereocenters. The predicted octanol–water partition coefficient (Wildman–Crippen LogP) is 1.81. The van der Waals surface area contributed by atoms with Gasteiger partial charge >= 0.3 is 0 Å². The molecule has 0 saturated carbocycles. The number of hydrogen-bond donors (Lipinski definition) is 1. The number of ether oxygens (including phenoxy) is 3. The van der Waals surface area contributed by atoms with E-state index in [-0.39, 0.29) is 42.3 Å². The van der Waals surface area contributed by atoms with E-state index in [2.05, 4.69) is 10.5 Å². The smallest absolute Gasteiger partial charge is 0.262 e. The molecule has 1 aliphatic rings. The van der Waals surface area contributed by atoms with Crippen molar-refractivity contribution < 1.29 is 31.9 Å². The number of nitrogens with zero attached hydrogens (tertiary/aromatic N) is 2. The van der Waals surface area contributed by atoms with Crippen molar-refractivity contribution in [2.75, 3.05) is 38.2 Å². The van der Waals surface area contributed by atoms with Crippen LogP contribution in [0.2, 0.25) is 0 Å². The van der Waals surface area contributed by atoms with Crippen LogP contribution in [-0.4, -0.2) is 62.8 Å². The Labute approximate surface area is 175 Å². The van der Waals surface area contributed by atoms with Crippen molar-refractivity contribution in [1.82, 2.24) is 9.46 Å². The highest BCUT2D eigenvalue weighted by Crippen LogP contribution is 2.30. The van der Waals surface area contributed by atoms with Gasteiger partial charge in [0.25, 0.3) is 11.8 Å². The van der Waals surface area contributed by atoms with Crippen molar-refractivity contribution in [3.05, 3.63) is 30.0 Å². The number of anilines is 1. The first-order valence-electron chi connectivity index (χ1n) is 9.50. The van der Waals surface area contributed by atoms with Crippen molar-refractivity contribution in [2.24, 2.45) is 0 Å². The molecule has 11 heteroatoms. The van der Waals surface area contributed by atoms with Gasteiger partial charge in [0.1, 0.15) is 11.5 Å². The van der Waals surface area contributed by atoms with Crippen LogP contribution in [0.4, 0.5) is 5.69 Å². The Balaban J connectivity index is 1.79. The predicted molar refractivity (Wildman–Crippen MR) is 107 cm³/mol. The summed E-state index contributed by atoms with van der Waals surface area (Å²) in [6.45, 7) is 6.29. The quantitative estimate of drug-likeness (QED) is 0.661. The Morgan fingerprint density at radius 1 is 1.27 bits per heavy atom. The lowest BCUT2D eigenvalue weighted by molar-refractivity contribution is -0.118. The summed E-state index contributed by atoms with van der Waals surface area (Å²) in [7, 11) is -3.73. The zero-order valence-corrected chi connectivity index (χ0v) is 17.9. The molecule has 1 amide bonds. The van der Waals surface area contributed by atoms with Crippen molar-refractivity contribution in [2.45, 2.75) is 31.8 Å². The lowest BCUT2D eigenvalue weighted by atomic mass is 10.3. The second-order valence-corrected chi connectivity index (χ2v) is 8.89. The Bertz CT molecular complexity index is 982. The summed E-state index contributed by atoms with van der Waals surface area (Å²) in [6, 6.07) is 5.94. The van der Waals surface area contributed by atoms with E-state index in [4.69, 9.17) is 18.7 Å². The maximum Gasteiger partial charge on any atom is 0.262 e. The fourth-order valence-electron chi connectivity index (χ4n) is 2.80. The van der Waals surface area contributed by atoms with Gasteiger partial charge in [-0.1, -0.05) is 0 Å². The number of sulfonamides is 1. The summed E-state index contributed by atoms with van der Waals surface area (Å²) in [4.78, 5) is 12.4. The molecule has 1 N–H and O–H groups in total. The van der Waals surface area contributed by atoms with Crippen molar-refractivity contribution in [3.63, 3.8) is 0 Å². The summed E-state index contributed by atoms with van der Waals surface area (Å²) in [5.41, 5.74) is 0.239. The highest BCUT2D eigenvalue weighted by Gasteiger charge is 2.27. The molecule has 0 bridgehead atoms. The first kappa shape index (κ1) is 22.1. The number of nitrogens with one attached hydrogen (secondary N) is 1. The number of morpholine rings is 1. The third-order valence-electron chi connectivity index (χ3n) is 4.15. The first-order chi connectivity index (χ1) is 14.3. The van der Waals surface area contributed by atoms with Crippen molar-refractivity contribution >= 4 is 21.6 Å². The molecule has 3 rings (SSSR count). The zero-order valence-electron chi connectivity index (χ0n) is 17.1. The van der Waals surface area contributed by atoms with E-state index < -0.39 is 15.9 Å². The fraction of sp³-hybridized carbons (Fsp3) is 0.474. The second-order valence-electron chi connectivity index (χ2n) is 6.95. The Kier molecular flexibility index (Phi) is 6.95. The monoisotopic (exact) mass is 439 g/mol. The Morgan fingerprint density at radius 2 is 2.00 bits per heavy atom. The maximum atomic E-state index is 12.9. The highest BCUT2D eigenvalue weighted by atomic mass is 32.2. The molecule has 2 aromatic rings. The van der Waals surface area contributed by atoms with Gasteiger partial charge in [0.15, 0.2) is 6.61 Å². The number of aryl methyl sites for hydroxylation is 1. The Morgan fingerprint density at radius 3 is 2.63 bits per heavy atom. The number of carbonyl (C=O) groups excluding carboxylic acids is 1. The molecule has 1 fully saturated rings. The number of aromatic nitrogens is 1. The van der Waals surface area contributed by atoms with Crippen molar-refractivity contribution in [1.29, 1.82) is 0 Å². The van der Waals surface area contributed by atoms with Gasteiger partial charge in [0.2, 0.25) is 10.0 Å². The lowest BCUT2D eigenvalue weighted by Crippen LogP contribution is -2.40. The standard InChI is InChI=1S/C19H25N3O7S/c1-13(2)28-17-5-4-15(30(24,25)22-6-8-26-9-7-22)11-16(17)20-18(23)12-27-19-10-14(3)29-21-19/h4-5,10-11,13H,6-9,12H2,1-3H3,(H,20,23). The number of benzene rings is 1. The summed E-state index contributed by atoms with van der Waals surface area (Å²) in [5.74, 6) is 0.603. The van der Waals surface area contributed by atoms with Gasteiger partial charge in [-0.3, -0.25) is 4.79 Å². The molecule has 1 aliphatic heterocycles. The lowest BCUT2D eigenvalue weighted by Gasteiger charge is -2.26. The molecule has 1 saturated heterocycles. The highest BCUT2D eigenvalue weighted by molar-refractivity contribution is 7.89. The van der Waals surface area contributed by atoms with Crippen LogP contribution < -0.4 is 14.8 Å². The molecule has 1 aromatic carbocycles. The van der Waals surface area contributed by atoms with Gasteiger partial charge in [-0.15, -0.1) is 0 Å². The fourth-order valence-corrected chi connectivity index (χ4v) is 4.23. The molecule has 10 nitrogen and oxygen atoms in total. The van der Waals surface area contributed by atoms with Crippen LogP contribution in [0.25, 0.3) is 0 Å². The van der Waals surface area contributed by atoms with E-state index in [0.717, 1.165) is 0 Å². The van der Waals surface area contributed by atoms with E-state index in [1.165, 1.54) is 22.5 Å². The normalized spacial score (nSPS) is 15.2. The van der Waals surface area contributed by atoms with Gasteiger partial charge in [0.05, 0.1) is 29.9 Å². The first-order valence-corrected chi connectivity index (χ1v) is 10.9. The van der Waals surface area contributed by atoms with E-state index in [9.17, 15) is 13.2 Å².